The number of rotatable bonds is 4. The molecule has 1 rings (SSSR count). The molecular formula is C7H14ClNO2. The van der Waals surface area contributed by atoms with Gasteiger partial charge in [0.1, 0.15) is 6.73 Å². The van der Waals surface area contributed by atoms with Gasteiger partial charge in [-0.05, 0) is 12.3 Å². The molecule has 2 N–H and O–H groups in total. The first-order valence-corrected chi connectivity index (χ1v) is 3.68. The summed E-state index contributed by atoms with van der Waals surface area (Å²) >= 11 is 0. The highest BCUT2D eigenvalue weighted by Gasteiger charge is 2.21. The summed E-state index contributed by atoms with van der Waals surface area (Å²) in [6.07, 6.45) is 4.10. The van der Waals surface area contributed by atoms with Crippen molar-refractivity contribution in [3.8, 4) is 0 Å². The minimum Gasteiger partial charge on any atom is -0.450 e. The zero-order chi connectivity index (χ0) is 7.40. The van der Waals surface area contributed by atoms with Crippen LogP contribution in [-0.4, -0.2) is 12.7 Å². The van der Waals surface area contributed by atoms with E-state index < -0.39 is 0 Å². The lowest BCUT2D eigenvalue weighted by Gasteiger charge is -1.98. The average Bonchev–Trinajstić information content (AvgIpc) is 2.67. The highest BCUT2D eigenvalue weighted by atomic mass is 35.5. The molecule has 0 aromatic heterocycles. The molecule has 0 radical (unpaired) electrons. The first-order chi connectivity index (χ1) is 4.83. The van der Waals surface area contributed by atoms with Crippen LogP contribution in [0.2, 0.25) is 0 Å². The van der Waals surface area contributed by atoms with Crippen molar-refractivity contribution in [2.24, 2.45) is 11.7 Å². The highest BCUT2D eigenvalue weighted by Crippen LogP contribution is 2.33. The molecule has 0 unspecified atom stereocenters. The zero-order valence-electron chi connectivity index (χ0n) is 6.41. The number of ether oxygens (including phenoxy) is 1. The summed E-state index contributed by atoms with van der Waals surface area (Å²) in [5.74, 6) is 0.639. The summed E-state index contributed by atoms with van der Waals surface area (Å²) in [4.78, 5) is 10.7. The van der Waals surface area contributed by atoms with Gasteiger partial charge in [0.05, 0.1) is 0 Å². The van der Waals surface area contributed by atoms with Gasteiger partial charge in [-0.15, -0.1) is 12.4 Å². The molecule has 0 aromatic rings. The first-order valence-electron chi connectivity index (χ1n) is 3.68. The summed E-state index contributed by atoms with van der Waals surface area (Å²) in [5.41, 5.74) is 5.01. The molecule has 1 fully saturated rings. The third-order valence-electron chi connectivity index (χ3n) is 1.70. The van der Waals surface area contributed by atoms with Crippen molar-refractivity contribution in [3.05, 3.63) is 0 Å². The van der Waals surface area contributed by atoms with Gasteiger partial charge in [0.15, 0.2) is 0 Å². The highest BCUT2D eigenvalue weighted by molar-refractivity contribution is 5.85. The van der Waals surface area contributed by atoms with Gasteiger partial charge in [-0.1, -0.05) is 12.8 Å². The summed E-state index contributed by atoms with van der Waals surface area (Å²) in [5, 5.41) is 0. The maximum atomic E-state index is 10.7. The lowest BCUT2D eigenvalue weighted by Crippen LogP contribution is -2.11. The normalized spacial score (nSPS) is 15.4. The van der Waals surface area contributed by atoms with Crippen LogP contribution in [0, 0.1) is 5.92 Å². The van der Waals surface area contributed by atoms with E-state index in [1.165, 1.54) is 12.8 Å². The van der Waals surface area contributed by atoms with Gasteiger partial charge in [-0.3, -0.25) is 10.5 Å². The lowest BCUT2D eigenvalue weighted by molar-refractivity contribution is -0.143. The molecule has 0 saturated heterocycles. The van der Waals surface area contributed by atoms with E-state index in [2.05, 4.69) is 4.74 Å². The molecule has 1 aliphatic carbocycles. The number of halogens is 1. The van der Waals surface area contributed by atoms with Crippen molar-refractivity contribution in [2.75, 3.05) is 6.73 Å². The molecule has 0 aliphatic heterocycles. The number of hydrogen-bond acceptors (Lipinski definition) is 3. The number of carbonyl (C=O) groups is 1. The Morgan fingerprint density at radius 2 is 2.18 bits per heavy atom. The average molecular weight is 180 g/mol. The van der Waals surface area contributed by atoms with Gasteiger partial charge in [-0.25, -0.2) is 0 Å². The van der Waals surface area contributed by atoms with Crippen LogP contribution in [0.3, 0.4) is 0 Å². The largest absolute Gasteiger partial charge is 0.450 e. The van der Waals surface area contributed by atoms with E-state index in [1.807, 2.05) is 0 Å². The molecule has 66 valence electrons. The Hall–Kier alpha value is -0.280. The maximum Gasteiger partial charge on any atom is 0.307 e. The predicted molar refractivity (Wildman–Crippen MR) is 44.4 cm³/mol. The SMILES string of the molecule is Cl.NCOC(=O)CCC1CC1. The van der Waals surface area contributed by atoms with Crippen LogP contribution in [0.1, 0.15) is 25.7 Å². The molecule has 0 atom stereocenters. The van der Waals surface area contributed by atoms with E-state index in [0.717, 1.165) is 12.3 Å². The van der Waals surface area contributed by atoms with Crippen molar-refractivity contribution < 1.29 is 9.53 Å². The number of hydrogen-bond donors (Lipinski definition) is 1. The van der Waals surface area contributed by atoms with E-state index >= 15 is 0 Å². The zero-order valence-corrected chi connectivity index (χ0v) is 7.23. The van der Waals surface area contributed by atoms with Gasteiger partial charge < -0.3 is 4.74 Å². The molecule has 0 spiro atoms. The van der Waals surface area contributed by atoms with Gasteiger partial charge in [0.25, 0.3) is 0 Å². The smallest absolute Gasteiger partial charge is 0.307 e. The maximum absolute atomic E-state index is 10.7. The minimum absolute atomic E-state index is 0. The third-order valence-corrected chi connectivity index (χ3v) is 1.70. The fourth-order valence-electron chi connectivity index (χ4n) is 0.894. The molecule has 0 amide bonds. The number of esters is 1. The van der Waals surface area contributed by atoms with Crippen LogP contribution in [-0.2, 0) is 9.53 Å². The van der Waals surface area contributed by atoms with E-state index in [4.69, 9.17) is 5.73 Å². The van der Waals surface area contributed by atoms with Crippen LogP contribution >= 0.6 is 12.4 Å². The first kappa shape index (κ1) is 10.7. The Morgan fingerprint density at radius 3 is 2.64 bits per heavy atom. The Balaban J connectivity index is 0.000001000. The predicted octanol–water partition coefficient (Wildman–Crippen LogP) is 1.06. The van der Waals surface area contributed by atoms with Crippen LogP contribution in [0.5, 0.6) is 0 Å². The standard InChI is InChI=1S/C7H13NO2.ClH/c8-5-10-7(9)4-3-6-1-2-6;/h6H,1-5,8H2;1H. The van der Waals surface area contributed by atoms with Crippen molar-refractivity contribution in [3.63, 3.8) is 0 Å². The second-order valence-corrected chi connectivity index (χ2v) is 2.67. The topological polar surface area (TPSA) is 52.3 Å². The summed E-state index contributed by atoms with van der Waals surface area (Å²) in [6.45, 7) is 0.0174. The summed E-state index contributed by atoms with van der Waals surface area (Å²) in [7, 11) is 0. The van der Waals surface area contributed by atoms with Crippen LogP contribution in [0.25, 0.3) is 0 Å². The molecule has 4 heteroatoms. The quantitative estimate of drug-likeness (QED) is 0.519. The van der Waals surface area contributed by atoms with Gasteiger partial charge in [0, 0.05) is 6.42 Å². The second-order valence-electron chi connectivity index (χ2n) is 2.67. The molecule has 3 nitrogen and oxygen atoms in total. The lowest BCUT2D eigenvalue weighted by atomic mass is 10.2. The summed E-state index contributed by atoms with van der Waals surface area (Å²) < 4.78 is 4.56. The molecule has 1 aliphatic rings. The third kappa shape index (κ3) is 5.04. The number of carbonyl (C=O) groups excluding carboxylic acids is 1. The van der Waals surface area contributed by atoms with Crippen LogP contribution < -0.4 is 5.73 Å². The molecular weight excluding hydrogens is 166 g/mol. The Kier molecular flexibility index (Phi) is 5.24. The van der Waals surface area contributed by atoms with Crippen LogP contribution in [0.15, 0.2) is 0 Å². The minimum atomic E-state index is -0.158. The fraction of sp³-hybridized carbons (Fsp3) is 0.857. The Morgan fingerprint density at radius 1 is 1.55 bits per heavy atom. The monoisotopic (exact) mass is 179 g/mol. The Labute approximate surface area is 72.7 Å². The molecule has 11 heavy (non-hydrogen) atoms. The molecule has 1 saturated carbocycles. The molecule has 0 bridgehead atoms. The van der Waals surface area contributed by atoms with Crippen molar-refractivity contribution in [1.29, 1.82) is 0 Å². The molecule has 0 aromatic carbocycles. The number of nitrogens with two attached hydrogens (primary N) is 1. The van der Waals surface area contributed by atoms with Crippen molar-refractivity contribution in [1.82, 2.24) is 0 Å². The van der Waals surface area contributed by atoms with Crippen molar-refractivity contribution in [2.45, 2.75) is 25.7 Å². The second kappa shape index (κ2) is 5.38. The van der Waals surface area contributed by atoms with Gasteiger partial charge in [0.2, 0.25) is 0 Å². The van der Waals surface area contributed by atoms with E-state index in [1.54, 1.807) is 0 Å². The van der Waals surface area contributed by atoms with Crippen molar-refractivity contribution >= 4 is 18.4 Å². The van der Waals surface area contributed by atoms with E-state index in [0.29, 0.717) is 6.42 Å². The van der Waals surface area contributed by atoms with E-state index in [-0.39, 0.29) is 25.1 Å². The summed E-state index contributed by atoms with van der Waals surface area (Å²) in [6, 6.07) is 0. The molecule has 0 heterocycles. The van der Waals surface area contributed by atoms with Gasteiger partial charge in [-0.2, -0.15) is 0 Å². The van der Waals surface area contributed by atoms with Crippen LogP contribution in [0.4, 0.5) is 0 Å². The van der Waals surface area contributed by atoms with E-state index in [9.17, 15) is 4.79 Å². The van der Waals surface area contributed by atoms with Gasteiger partial charge >= 0.3 is 5.97 Å². The Bertz CT molecular complexity index is 126. The fourth-order valence-corrected chi connectivity index (χ4v) is 0.894.